The first-order valence-electron chi connectivity index (χ1n) is 6.27. The van der Waals surface area contributed by atoms with E-state index in [1.165, 1.54) is 0 Å². The summed E-state index contributed by atoms with van der Waals surface area (Å²) in [5, 5.41) is 2.84. The number of nitrogens with two attached hydrogens (primary N) is 1. The summed E-state index contributed by atoms with van der Waals surface area (Å²) in [6.07, 6.45) is 1.03. The normalized spacial score (nSPS) is 16.3. The van der Waals surface area contributed by atoms with Crippen LogP contribution in [0.3, 0.4) is 0 Å². The fourth-order valence-corrected chi connectivity index (χ4v) is 3.20. The number of pyridine rings is 1. The molecule has 0 aliphatic carbocycles. The van der Waals surface area contributed by atoms with Crippen LogP contribution in [0, 0.1) is 21.0 Å². The monoisotopic (exact) mass is 419 g/mol. The van der Waals surface area contributed by atoms with Crippen LogP contribution in [0.5, 0.6) is 0 Å². The third-order valence-electron chi connectivity index (χ3n) is 3.51. The summed E-state index contributed by atoms with van der Waals surface area (Å²) < 4.78 is 41.7. The highest BCUT2D eigenvalue weighted by atomic mass is 127. The molecular weight excluding hydrogens is 410 g/mol. The molecule has 0 spiro atoms. The maximum absolute atomic E-state index is 14.0. The van der Waals surface area contributed by atoms with E-state index in [0.717, 1.165) is 18.3 Å². The molecule has 4 nitrogen and oxygen atoms in total. The van der Waals surface area contributed by atoms with E-state index in [1.807, 2.05) is 0 Å². The fraction of sp³-hybridized carbons (Fsp3) is 0.143. The minimum Gasteiger partial charge on any atom is -0.396 e. The molecule has 0 radical (unpaired) electrons. The number of nitrogen functional groups attached to an aromatic ring is 1. The number of ketones is 1. The average molecular weight is 419 g/mol. The smallest absolute Gasteiger partial charge is 0.178 e. The van der Waals surface area contributed by atoms with Crippen molar-refractivity contribution in [3.05, 3.63) is 50.5 Å². The van der Waals surface area contributed by atoms with Gasteiger partial charge in [-0.2, -0.15) is 0 Å². The van der Waals surface area contributed by atoms with Crippen molar-refractivity contribution in [2.75, 3.05) is 17.6 Å². The number of carbonyl (C=O) groups is 1. The molecule has 0 bridgehead atoms. The van der Waals surface area contributed by atoms with Gasteiger partial charge in [0.1, 0.15) is 11.6 Å². The number of halogens is 4. The minimum atomic E-state index is -1.10. The van der Waals surface area contributed by atoms with E-state index in [-0.39, 0.29) is 15.8 Å². The van der Waals surface area contributed by atoms with Gasteiger partial charge in [0.15, 0.2) is 17.4 Å². The van der Waals surface area contributed by atoms with Gasteiger partial charge in [0.2, 0.25) is 0 Å². The highest BCUT2D eigenvalue weighted by Gasteiger charge is 2.36. The van der Waals surface area contributed by atoms with Crippen molar-refractivity contribution in [2.24, 2.45) is 0 Å². The molecule has 3 rings (SSSR count). The number of benzene rings is 1. The van der Waals surface area contributed by atoms with Crippen LogP contribution in [0.25, 0.3) is 0 Å². The Morgan fingerprint density at radius 3 is 2.77 bits per heavy atom. The molecule has 114 valence electrons. The van der Waals surface area contributed by atoms with Gasteiger partial charge in [-0.25, -0.2) is 18.2 Å². The van der Waals surface area contributed by atoms with Gasteiger partial charge in [0.25, 0.3) is 0 Å². The van der Waals surface area contributed by atoms with Gasteiger partial charge in [-0.05, 0) is 34.7 Å². The number of fused-ring (bicyclic) bond motifs is 1. The number of nitrogens with one attached hydrogen (secondary N) is 1. The Hall–Kier alpha value is -1.84. The molecule has 0 fully saturated rings. The Bertz CT molecular complexity index is 797. The van der Waals surface area contributed by atoms with E-state index in [0.29, 0.717) is 11.4 Å². The Labute approximate surface area is 137 Å². The number of carbonyl (C=O) groups excluding carboxylic acids is 1. The Morgan fingerprint density at radius 1 is 1.32 bits per heavy atom. The zero-order valence-electron chi connectivity index (χ0n) is 11.0. The molecule has 0 amide bonds. The maximum Gasteiger partial charge on any atom is 0.178 e. The Kier molecular flexibility index (Phi) is 3.71. The van der Waals surface area contributed by atoms with Crippen LogP contribution in [0.1, 0.15) is 21.8 Å². The molecule has 1 aromatic carbocycles. The molecule has 0 saturated carbocycles. The lowest BCUT2D eigenvalue weighted by Gasteiger charge is -2.13. The van der Waals surface area contributed by atoms with E-state index in [2.05, 4.69) is 10.3 Å². The molecule has 1 aromatic heterocycles. The number of hydrogen-bond donors (Lipinski definition) is 2. The standard InChI is InChI=1S/C14H9F3IN3O/c15-6-1-2-8(19)11(17)10(6)13(22)5-3-20-14-9(5)12(18)7(16)4-21-14/h1-2,4-5H,3,19H2,(H,20,21). The first-order valence-corrected chi connectivity index (χ1v) is 7.35. The molecule has 0 saturated heterocycles. The lowest BCUT2D eigenvalue weighted by atomic mass is 9.92. The van der Waals surface area contributed by atoms with E-state index in [9.17, 15) is 18.0 Å². The molecule has 1 atom stereocenters. The lowest BCUT2D eigenvalue weighted by Crippen LogP contribution is -2.19. The SMILES string of the molecule is Nc1ccc(F)c(C(=O)C2CNc3ncc(F)c(I)c32)c1F. The van der Waals surface area contributed by atoms with Crippen molar-refractivity contribution in [1.29, 1.82) is 0 Å². The second kappa shape index (κ2) is 5.41. The predicted molar refractivity (Wildman–Crippen MR) is 83.2 cm³/mol. The Balaban J connectivity index is 2.11. The molecule has 3 N–H and O–H groups in total. The molecule has 22 heavy (non-hydrogen) atoms. The molecule has 8 heteroatoms. The highest BCUT2D eigenvalue weighted by molar-refractivity contribution is 14.1. The van der Waals surface area contributed by atoms with E-state index in [4.69, 9.17) is 5.73 Å². The van der Waals surface area contributed by atoms with Crippen LogP contribution in [-0.2, 0) is 0 Å². The molecule has 2 aromatic rings. The summed E-state index contributed by atoms with van der Waals surface area (Å²) in [5.74, 6) is -4.06. The van der Waals surface area contributed by atoms with Gasteiger partial charge in [0.05, 0.1) is 26.9 Å². The molecule has 2 heterocycles. The number of Topliss-reactive ketones (excluding diaryl/α,β-unsaturated/α-hetero) is 1. The summed E-state index contributed by atoms with van der Waals surface area (Å²) in [6.45, 7) is 0.0916. The first kappa shape index (κ1) is 15.1. The fourth-order valence-electron chi connectivity index (χ4n) is 2.43. The molecular formula is C14H9F3IN3O. The quantitative estimate of drug-likeness (QED) is 0.446. The van der Waals surface area contributed by atoms with Gasteiger partial charge in [-0.15, -0.1) is 0 Å². The second-order valence-electron chi connectivity index (χ2n) is 4.81. The van der Waals surface area contributed by atoms with Gasteiger partial charge >= 0.3 is 0 Å². The van der Waals surface area contributed by atoms with E-state index in [1.54, 1.807) is 22.6 Å². The van der Waals surface area contributed by atoms with Gasteiger partial charge in [0, 0.05) is 12.1 Å². The predicted octanol–water partition coefficient (Wildman–Crippen LogP) is 3.08. The minimum absolute atomic E-state index is 0.0916. The summed E-state index contributed by atoms with van der Waals surface area (Å²) in [4.78, 5) is 16.4. The van der Waals surface area contributed by atoms with Crippen molar-refractivity contribution >= 4 is 39.9 Å². The van der Waals surface area contributed by atoms with Crippen molar-refractivity contribution < 1.29 is 18.0 Å². The van der Waals surface area contributed by atoms with Crippen LogP contribution >= 0.6 is 22.6 Å². The third-order valence-corrected chi connectivity index (χ3v) is 4.61. The van der Waals surface area contributed by atoms with Crippen molar-refractivity contribution in [3.63, 3.8) is 0 Å². The van der Waals surface area contributed by atoms with Gasteiger partial charge in [-0.1, -0.05) is 0 Å². The molecule has 1 aliphatic heterocycles. The van der Waals surface area contributed by atoms with Crippen LogP contribution < -0.4 is 11.1 Å². The zero-order valence-corrected chi connectivity index (χ0v) is 13.1. The topological polar surface area (TPSA) is 68.0 Å². The third kappa shape index (κ3) is 2.21. The second-order valence-corrected chi connectivity index (χ2v) is 5.88. The summed E-state index contributed by atoms with van der Waals surface area (Å²) in [7, 11) is 0. The van der Waals surface area contributed by atoms with Crippen LogP contribution in [0.15, 0.2) is 18.3 Å². The highest BCUT2D eigenvalue weighted by Crippen LogP contribution is 2.37. The summed E-state index contributed by atoms with van der Waals surface area (Å²) in [5.41, 5.74) is 4.68. The number of hydrogen-bond acceptors (Lipinski definition) is 4. The summed E-state index contributed by atoms with van der Waals surface area (Å²) >= 11 is 1.74. The van der Waals surface area contributed by atoms with E-state index >= 15 is 0 Å². The number of anilines is 2. The number of nitrogens with zero attached hydrogens (tertiary/aromatic N) is 1. The molecule has 1 aliphatic rings. The van der Waals surface area contributed by atoms with Crippen LogP contribution in [0.4, 0.5) is 24.7 Å². The van der Waals surface area contributed by atoms with Crippen molar-refractivity contribution in [1.82, 2.24) is 4.98 Å². The maximum atomic E-state index is 14.0. The van der Waals surface area contributed by atoms with Gasteiger partial charge in [-0.3, -0.25) is 4.79 Å². The first-order chi connectivity index (χ1) is 10.4. The largest absolute Gasteiger partial charge is 0.396 e. The average Bonchev–Trinajstić information content (AvgIpc) is 2.92. The van der Waals surface area contributed by atoms with Crippen LogP contribution in [0.2, 0.25) is 0 Å². The van der Waals surface area contributed by atoms with Crippen LogP contribution in [-0.4, -0.2) is 17.3 Å². The van der Waals surface area contributed by atoms with Crippen molar-refractivity contribution in [2.45, 2.75) is 5.92 Å². The zero-order chi connectivity index (χ0) is 16.0. The summed E-state index contributed by atoms with van der Waals surface area (Å²) in [6, 6.07) is 1.98. The number of rotatable bonds is 2. The lowest BCUT2D eigenvalue weighted by molar-refractivity contribution is 0.0958. The van der Waals surface area contributed by atoms with E-state index < -0.39 is 34.7 Å². The Morgan fingerprint density at radius 2 is 2.05 bits per heavy atom. The van der Waals surface area contributed by atoms with Gasteiger partial charge < -0.3 is 11.1 Å². The molecule has 1 unspecified atom stereocenters. The van der Waals surface area contributed by atoms with Crippen molar-refractivity contribution in [3.8, 4) is 0 Å². The number of aromatic nitrogens is 1.